The maximum atomic E-state index is 11.4. The summed E-state index contributed by atoms with van der Waals surface area (Å²) in [5.41, 5.74) is 6.76. The van der Waals surface area contributed by atoms with E-state index in [4.69, 9.17) is 10.5 Å². The summed E-state index contributed by atoms with van der Waals surface area (Å²) in [7, 11) is 0. The Balaban J connectivity index is 1.88. The molecule has 0 aliphatic rings. The van der Waals surface area contributed by atoms with E-state index in [1.54, 1.807) is 24.3 Å². The third kappa shape index (κ3) is 5.57. The average Bonchev–Trinajstić information content (AvgIpc) is 2.56. The first-order valence-corrected chi connectivity index (χ1v) is 7.45. The minimum absolute atomic E-state index is 0.182. The molecule has 2 aromatic rings. The van der Waals surface area contributed by atoms with Gasteiger partial charge in [0, 0.05) is 12.8 Å². The molecule has 6 heteroatoms. The number of urea groups is 1. The van der Waals surface area contributed by atoms with Crippen molar-refractivity contribution in [3.05, 3.63) is 59.7 Å². The van der Waals surface area contributed by atoms with E-state index in [-0.39, 0.29) is 6.42 Å². The largest absolute Gasteiger partial charge is 0.457 e. The molecule has 0 heterocycles. The first kappa shape index (κ1) is 17.2. The van der Waals surface area contributed by atoms with Crippen molar-refractivity contribution in [2.45, 2.75) is 19.3 Å². The minimum Gasteiger partial charge on any atom is -0.457 e. The smallest absolute Gasteiger partial charge is 0.318 e. The van der Waals surface area contributed by atoms with E-state index in [1.807, 2.05) is 29.6 Å². The second-order valence-corrected chi connectivity index (χ2v) is 5.17. The van der Waals surface area contributed by atoms with Gasteiger partial charge in [0.25, 0.3) is 0 Å². The Labute approximate surface area is 139 Å². The molecule has 0 saturated heterocycles. The molecule has 3 N–H and O–H groups in total. The van der Waals surface area contributed by atoms with Crippen LogP contribution in [0.5, 0.6) is 11.5 Å². The molecule has 0 bridgehead atoms. The molecule has 0 aromatic heterocycles. The van der Waals surface area contributed by atoms with Crippen LogP contribution in [0.2, 0.25) is 0 Å². The maximum absolute atomic E-state index is 11.4. The van der Waals surface area contributed by atoms with Crippen LogP contribution >= 0.6 is 0 Å². The van der Waals surface area contributed by atoms with Crippen LogP contribution in [-0.4, -0.2) is 18.2 Å². The average molecular weight is 326 g/mol. The third-order valence-corrected chi connectivity index (χ3v) is 3.30. The SMILES string of the molecule is NC(=O)NC(=O)CCc1ccc(Oc2ccc(CC=O)cc2)cc1. The Morgan fingerprint density at radius 1 is 0.958 bits per heavy atom. The molecule has 0 unspecified atom stereocenters. The van der Waals surface area contributed by atoms with Crippen LogP contribution in [0.15, 0.2) is 48.5 Å². The van der Waals surface area contributed by atoms with Gasteiger partial charge >= 0.3 is 6.03 Å². The summed E-state index contributed by atoms with van der Waals surface area (Å²) in [4.78, 5) is 32.4. The van der Waals surface area contributed by atoms with Crippen molar-refractivity contribution in [1.29, 1.82) is 0 Å². The Morgan fingerprint density at radius 3 is 2.00 bits per heavy atom. The van der Waals surface area contributed by atoms with Crippen LogP contribution in [0.4, 0.5) is 4.79 Å². The Bertz CT molecular complexity index is 709. The van der Waals surface area contributed by atoms with Crippen LogP contribution in [0.1, 0.15) is 17.5 Å². The van der Waals surface area contributed by atoms with Gasteiger partial charge in [0.05, 0.1) is 0 Å². The van der Waals surface area contributed by atoms with Gasteiger partial charge in [-0.3, -0.25) is 10.1 Å². The number of amides is 3. The molecule has 0 saturated carbocycles. The highest BCUT2D eigenvalue weighted by Gasteiger charge is 2.05. The standard InChI is InChI=1S/C18H18N2O4/c19-18(23)20-17(22)10-5-13-1-6-15(7-2-13)24-16-8-3-14(4-9-16)11-12-21/h1-4,6-9,12H,5,10-11H2,(H3,19,20,22,23). The zero-order valence-corrected chi connectivity index (χ0v) is 13.0. The molecular weight excluding hydrogens is 308 g/mol. The van der Waals surface area contributed by atoms with Crippen molar-refractivity contribution in [2.75, 3.05) is 0 Å². The number of nitrogens with two attached hydrogens (primary N) is 1. The van der Waals surface area contributed by atoms with Gasteiger partial charge in [0.15, 0.2) is 0 Å². The Kier molecular flexibility index (Phi) is 6.08. The number of aryl methyl sites for hydroxylation is 1. The monoisotopic (exact) mass is 326 g/mol. The second-order valence-electron chi connectivity index (χ2n) is 5.17. The fourth-order valence-electron chi connectivity index (χ4n) is 2.11. The van der Waals surface area contributed by atoms with Crippen molar-refractivity contribution >= 4 is 18.2 Å². The minimum atomic E-state index is -0.845. The number of rotatable bonds is 7. The second kappa shape index (κ2) is 8.47. The first-order valence-electron chi connectivity index (χ1n) is 7.45. The van der Waals surface area contributed by atoms with Gasteiger partial charge in [0.2, 0.25) is 5.91 Å². The Hall–Kier alpha value is -3.15. The fraction of sp³-hybridized carbons (Fsp3) is 0.167. The van der Waals surface area contributed by atoms with Crippen molar-refractivity contribution < 1.29 is 19.1 Å². The molecule has 0 atom stereocenters. The normalized spacial score (nSPS) is 10.0. The van der Waals surface area contributed by atoms with E-state index in [2.05, 4.69) is 0 Å². The number of carbonyl (C=O) groups is 3. The van der Waals surface area contributed by atoms with Gasteiger partial charge in [-0.05, 0) is 41.8 Å². The molecule has 24 heavy (non-hydrogen) atoms. The molecular formula is C18H18N2O4. The van der Waals surface area contributed by atoms with Crippen molar-refractivity contribution in [3.8, 4) is 11.5 Å². The number of hydrogen-bond donors (Lipinski definition) is 2. The molecule has 0 aliphatic heterocycles. The molecule has 2 rings (SSSR count). The fourth-order valence-corrected chi connectivity index (χ4v) is 2.11. The quantitative estimate of drug-likeness (QED) is 0.763. The molecule has 0 aliphatic carbocycles. The number of imide groups is 1. The molecule has 2 aromatic carbocycles. The van der Waals surface area contributed by atoms with E-state index >= 15 is 0 Å². The summed E-state index contributed by atoms with van der Waals surface area (Å²) in [5, 5.41) is 2.02. The summed E-state index contributed by atoms with van der Waals surface area (Å²) in [5.74, 6) is 0.944. The zero-order chi connectivity index (χ0) is 17.4. The van der Waals surface area contributed by atoms with Gasteiger partial charge in [-0.15, -0.1) is 0 Å². The predicted octanol–water partition coefficient (Wildman–Crippen LogP) is 2.35. The highest BCUT2D eigenvalue weighted by Crippen LogP contribution is 2.22. The summed E-state index contributed by atoms with van der Waals surface area (Å²) in [6.07, 6.45) is 1.93. The molecule has 6 nitrogen and oxygen atoms in total. The van der Waals surface area contributed by atoms with Gasteiger partial charge in [-0.2, -0.15) is 0 Å². The van der Waals surface area contributed by atoms with Crippen LogP contribution in [0, 0.1) is 0 Å². The molecule has 0 spiro atoms. The van der Waals surface area contributed by atoms with E-state index in [0.717, 1.165) is 17.4 Å². The van der Waals surface area contributed by atoms with Crippen LogP contribution in [0.25, 0.3) is 0 Å². The van der Waals surface area contributed by atoms with E-state index in [1.165, 1.54) is 0 Å². The van der Waals surface area contributed by atoms with Crippen LogP contribution < -0.4 is 15.8 Å². The maximum Gasteiger partial charge on any atom is 0.318 e. The lowest BCUT2D eigenvalue weighted by Crippen LogP contribution is -2.35. The Morgan fingerprint density at radius 2 is 1.50 bits per heavy atom. The number of carbonyl (C=O) groups excluding carboxylic acids is 3. The summed E-state index contributed by atoms with van der Waals surface area (Å²) in [6, 6.07) is 13.8. The highest BCUT2D eigenvalue weighted by molar-refractivity contribution is 5.93. The number of benzene rings is 2. The summed E-state index contributed by atoms with van der Waals surface area (Å²) >= 11 is 0. The third-order valence-electron chi connectivity index (χ3n) is 3.30. The number of aldehydes is 1. The van der Waals surface area contributed by atoms with E-state index < -0.39 is 11.9 Å². The lowest BCUT2D eigenvalue weighted by atomic mass is 10.1. The predicted molar refractivity (Wildman–Crippen MR) is 88.8 cm³/mol. The molecule has 124 valence electrons. The lowest BCUT2D eigenvalue weighted by molar-refractivity contribution is -0.119. The topological polar surface area (TPSA) is 98.5 Å². The van der Waals surface area contributed by atoms with Crippen LogP contribution in [-0.2, 0) is 22.4 Å². The van der Waals surface area contributed by atoms with Gasteiger partial charge in [0.1, 0.15) is 17.8 Å². The number of hydrogen-bond acceptors (Lipinski definition) is 4. The number of ether oxygens (including phenoxy) is 1. The van der Waals surface area contributed by atoms with E-state index in [9.17, 15) is 14.4 Å². The van der Waals surface area contributed by atoms with E-state index in [0.29, 0.717) is 24.3 Å². The first-order chi connectivity index (χ1) is 11.6. The summed E-state index contributed by atoms with van der Waals surface area (Å²) < 4.78 is 5.72. The molecule has 0 fully saturated rings. The van der Waals surface area contributed by atoms with Gasteiger partial charge in [-0.1, -0.05) is 24.3 Å². The van der Waals surface area contributed by atoms with Crippen LogP contribution in [0.3, 0.4) is 0 Å². The summed E-state index contributed by atoms with van der Waals surface area (Å²) in [6.45, 7) is 0. The number of nitrogens with one attached hydrogen (secondary N) is 1. The number of primary amides is 1. The van der Waals surface area contributed by atoms with Crippen molar-refractivity contribution in [2.24, 2.45) is 5.73 Å². The lowest BCUT2D eigenvalue weighted by Gasteiger charge is -2.07. The molecule has 0 radical (unpaired) electrons. The molecule has 3 amide bonds. The van der Waals surface area contributed by atoms with Crippen molar-refractivity contribution in [3.63, 3.8) is 0 Å². The van der Waals surface area contributed by atoms with Crippen molar-refractivity contribution in [1.82, 2.24) is 5.32 Å². The van der Waals surface area contributed by atoms with Gasteiger partial charge in [-0.25, -0.2) is 4.79 Å². The zero-order valence-electron chi connectivity index (χ0n) is 13.0. The van der Waals surface area contributed by atoms with Gasteiger partial charge < -0.3 is 15.3 Å². The highest BCUT2D eigenvalue weighted by atomic mass is 16.5.